The number of nitrogens with zero attached hydrogens (tertiary/aromatic N) is 1. The fourth-order valence-corrected chi connectivity index (χ4v) is 1.64. The van der Waals surface area contributed by atoms with Crippen molar-refractivity contribution in [2.45, 2.75) is 0 Å². The molecule has 2 rings (SSSR count). The molecule has 1 aromatic rings. The third-order valence-corrected chi connectivity index (χ3v) is 2.44. The Labute approximate surface area is 104 Å². The Bertz CT molecular complexity index is 425. The molecule has 0 aromatic heterocycles. The third kappa shape index (κ3) is 2.40. The molecule has 1 heterocycles. The van der Waals surface area contributed by atoms with Crippen LogP contribution in [-0.2, 0) is 9.57 Å². The Morgan fingerprint density at radius 3 is 2.17 bits per heavy atom. The van der Waals surface area contributed by atoms with Gasteiger partial charge in [0.2, 0.25) is 0 Å². The van der Waals surface area contributed by atoms with Gasteiger partial charge in [-0.05, 0) is 12.1 Å². The molecule has 0 saturated carbocycles. The molecule has 1 aliphatic rings. The molecule has 1 aromatic carbocycles. The van der Waals surface area contributed by atoms with Gasteiger partial charge in [-0.2, -0.15) is 0 Å². The van der Waals surface area contributed by atoms with E-state index in [-0.39, 0.29) is 26.4 Å². The molecule has 6 nitrogen and oxygen atoms in total. The lowest BCUT2D eigenvalue weighted by Crippen LogP contribution is -2.31. The summed E-state index contributed by atoms with van der Waals surface area (Å²) in [5.74, 6) is -0.921. The number of hydrogen-bond donors (Lipinski definition) is 1. The minimum absolute atomic E-state index is 0.0749. The van der Waals surface area contributed by atoms with E-state index in [0.29, 0.717) is 11.1 Å². The Kier molecular flexibility index (Phi) is 4.03. The maximum Gasteiger partial charge on any atom is 0.285 e. The van der Waals surface area contributed by atoms with Crippen molar-refractivity contribution in [2.75, 3.05) is 26.4 Å². The molecule has 2 amide bonds. The Hall–Kier alpha value is -1.76. The van der Waals surface area contributed by atoms with Gasteiger partial charge in [-0.3, -0.25) is 14.4 Å². The Morgan fingerprint density at radius 2 is 1.61 bits per heavy atom. The van der Waals surface area contributed by atoms with Crippen LogP contribution >= 0.6 is 0 Å². The summed E-state index contributed by atoms with van der Waals surface area (Å²) in [7, 11) is 0. The number of hydroxylamine groups is 2. The zero-order valence-corrected chi connectivity index (χ0v) is 9.67. The number of aliphatic hydroxyl groups is 1. The average Bonchev–Trinajstić information content (AvgIpc) is 2.64. The van der Waals surface area contributed by atoms with Crippen LogP contribution in [0.4, 0.5) is 0 Å². The second-order valence-electron chi connectivity index (χ2n) is 3.62. The average molecular weight is 251 g/mol. The van der Waals surface area contributed by atoms with Crippen LogP contribution in [0.5, 0.6) is 0 Å². The van der Waals surface area contributed by atoms with E-state index in [1.54, 1.807) is 24.3 Å². The highest BCUT2D eigenvalue weighted by Crippen LogP contribution is 2.22. The van der Waals surface area contributed by atoms with Crippen molar-refractivity contribution in [3.63, 3.8) is 0 Å². The van der Waals surface area contributed by atoms with Gasteiger partial charge in [0, 0.05) is 0 Å². The van der Waals surface area contributed by atoms with E-state index in [1.165, 1.54) is 0 Å². The lowest BCUT2D eigenvalue weighted by Gasteiger charge is -2.13. The number of aliphatic hydroxyl groups excluding tert-OH is 1. The molecule has 0 spiro atoms. The van der Waals surface area contributed by atoms with E-state index in [9.17, 15) is 9.59 Å². The number of rotatable bonds is 6. The molecule has 0 aliphatic carbocycles. The second kappa shape index (κ2) is 5.72. The fraction of sp³-hybridized carbons (Fsp3) is 0.333. The van der Waals surface area contributed by atoms with Crippen LogP contribution in [0.3, 0.4) is 0 Å². The summed E-state index contributed by atoms with van der Waals surface area (Å²) in [5, 5.41) is 9.24. The van der Waals surface area contributed by atoms with Crippen molar-refractivity contribution in [1.29, 1.82) is 0 Å². The topological polar surface area (TPSA) is 76.1 Å². The molecule has 6 heteroatoms. The van der Waals surface area contributed by atoms with Crippen molar-refractivity contribution in [3.05, 3.63) is 35.4 Å². The quantitative estimate of drug-likeness (QED) is 0.578. The van der Waals surface area contributed by atoms with Crippen molar-refractivity contribution in [2.24, 2.45) is 0 Å². The summed E-state index contributed by atoms with van der Waals surface area (Å²) in [6.45, 7) is 0.401. The molecule has 18 heavy (non-hydrogen) atoms. The maximum absolute atomic E-state index is 11.8. The molecule has 96 valence electrons. The highest BCUT2D eigenvalue weighted by atomic mass is 16.7. The zero-order valence-electron chi connectivity index (χ0n) is 9.67. The van der Waals surface area contributed by atoms with Crippen LogP contribution in [0, 0.1) is 0 Å². The summed E-state index contributed by atoms with van der Waals surface area (Å²) in [6.07, 6.45) is 0. The lowest BCUT2D eigenvalue weighted by atomic mass is 10.1. The van der Waals surface area contributed by atoms with E-state index < -0.39 is 11.8 Å². The van der Waals surface area contributed by atoms with Gasteiger partial charge in [-0.1, -0.05) is 12.1 Å². The lowest BCUT2D eigenvalue weighted by molar-refractivity contribution is -0.107. The Balaban J connectivity index is 1.93. The molecule has 0 unspecified atom stereocenters. The molecule has 0 atom stereocenters. The summed E-state index contributed by atoms with van der Waals surface area (Å²) < 4.78 is 4.97. The molecule has 0 fully saturated rings. The molecule has 1 N–H and O–H groups in total. The van der Waals surface area contributed by atoms with Gasteiger partial charge >= 0.3 is 0 Å². The largest absolute Gasteiger partial charge is 0.394 e. The van der Waals surface area contributed by atoms with Gasteiger partial charge in [-0.25, -0.2) is 0 Å². The number of amides is 2. The van der Waals surface area contributed by atoms with Gasteiger partial charge in [0.05, 0.1) is 37.6 Å². The first-order chi connectivity index (χ1) is 8.75. The van der Waals surface area contributed by atoms with Gasteiger partial charge in [-0.15, -0.1) is 5.06 Å². The predicted molar refractivity (Wildman–Crippen MR) is 60.8 cm³/mol. The van der Waals surface area contributed by atoms with Crippen LogP contribution in [0.2, 0.25) is 0 Å². The van der Waals surface area contributed by atoms with E-state index in [4.69, 9.17) is 14.7 Å². The SMILES string of the molecule is O=C1c2ccccc2C(=O)N1OCCOCCO. The fourth-order valence-electron chi connectivity index (χ4n) is 1.64. The number of imide groups is 1. The standard InChI is InChI=1S/C12H13NO5/c14-5-6-17-7-8-18-13-11(15)9-3-1-2-4-10(9)12(13)16/h1-4,14H,5-8H2. The summed E-state index contributed by atoms with van der Waals surface area (Å²) in [5.41, 5.74) is 0.692. The molecular weight excluding hydrogens is 238 g/mol. The molecule has 0 saturated heterocycles. The van der Waals surface area contributed by atoms with Gasteiger partial charge in [0.15, 0.2) is 0 Å². The van der Waals surface area contributed by atoms with Crippen LogP contribution < -0.4 is 0 Å². The monoisotopic (exact) mass is 251 g/mol. The van der Waals surface area contributed by atoms with Crippen molar-refractivity contribution < 1.29 is 24.3 Å². The third-order valence-electron chi connectivity index (χ3n) is 2.44. The van der Waals surface area contributed by atoms with E-state index in [0.717, 1.165) is 5.06 Å². The van der Waals surface area contributed by atoms with E-state index >= 15 is 0 Å². The number of ether oxygens (including phenoxy) is 1. The van der Waals surface area contributed by atoms with Crippen LogP contribution in [-0.4, -0.2) is 48.4 Å². The summed E-state index contributed by atoms with van der Waals surface area (Å²) in [4.78, 5) is 28.7. The molecule has 0 radical (unpaired) electrons. The first-order valence-electron chi connectivity index (χ1n) is 5.55. The molecule has 0 bridgehead atoms. The number of hydrogen-bond acceptors (Lipinski definition) is 5. The minimum Gasteiger partial charge on any atom is -0.394 e. The summed E-state index contributed by atoms with van der Waals surface area (Å²) in [6, 6.07) is 6.55. The number of benzene rings is 1. The van der Waals surface area contributed by atoms with Crippen LogP contribution in [0.15, 0.2) is 24.3 Å². The summed E-state index contributed by atoms with van der Waals surface area (Å²) >= 11 is 0. The minimum atomic E-state index is -0.460. The predicted octanol–water partition coefficient (Wildman–Crippen LogP) is 0.223. The van der Waals surface area contributed by atoms with Crippen molar-refractivity contribution in [3.8, 4) is 0 Å². The normalized spacial score (nSPS) is 14.2. The van der Waals surface area contributed by atoms with Crippen LogP contribution in [0.25, 0.3) is 0 Å². The maximum atomic E-state index is 11.8. The van der Waals surface area contributed by atoms with Gasteiger partial charge in [0.25, 0.3) is 11.8 Å². The first-order valence-corrected chi connectivity index (χ1v) is 5.55. The van der Waals surface area contributed by atoms with Crippen LogP contribution in [0.1, 0.15) is 20.7 Å². The highest BCUT2D eigenvalue weighted by molar-refractivity contribution is 6.20. The Morgan fingerprint density at radius 1 is 1.00 bits per heavy atom. The number of carbonyl (C=O) groups is 2. The number of carbonyl (C=O) groups excluding carboxylic acids is 2. The van der Waals surface area contributed by atoms with E-state index in [1.807, 2.05) is 0 Å². The number of fused-ring (bicyclic) bond motifs is 1. The van der Waals surface area contributed by atoms with E-state index in [2.05, 4.69) is 0 Å². The van der Waals surface area contributed by atoms with Crippen molar-refractivity contribution in [1.82, 2.24) is 5.06 Å². The van der Waals surface area contributed by atoms with Gasteiger partial charge in [0.1, 0.15) is 0 Å². The molecular formula is C12H13NO5. The first kappa shape index (κ1) is 12.7. The molecule has 1 aliphatic heterocycles. The second-order valence-corrected chi connectivity index (χ2v) is 3.62. The smallest absolute Gasteiger partial charge is 0.285 e. The zero-order chi connectivity index (χ0) is 13.0. The van der Waals surface area contributed by atoms with Crippen molar-refractivity contribution >= 4 is 11.8 Å². The van der Waals surface area contributed by atoms with Gasteiger partial charge < -0.3 is 9.84 Å². The highest BCUT2D eigenvalue weighted by Gasteiger charge is 2.36.